The number of carbonyl (C=O) groups excluding carboxylic acids is 1. The summed E-state index contributed by atoms with van der Waals surface area (Å²) in [6, 6.07) is 8.41. The number of hydrogen-bond acceptors (Lipinski definition) is 6. The van der Waals surface area contributed by atoms with Crippen LogP contribution < -0.4 is 15.8 Å². The van der Waals surface area contributed by atoms with Crippen LogP contribution in [0.5, 0.6) is 0 Å². The first-order valence-electron chi connectivity index (χ1n) is 11.5. The molecule has 0 atom stereocenters. The average molecular weight is 479 g/mol. The van der Waals surface area contributed by atoms with E-state index < -0.39 is 23.1 Å². The molecule has 0 unspecified atom stereocenters. The lowest BCUT2D eigenvalue weighted by molar-refractivity contribution is 0.0947. The fourth-order valence-corrected chi connectivity index (χ4v) is 4.37. The third kappa shape index (κ3) is 4.47. The fraction of sp³-hybridized carbons (Fsp3) is 0.360. The van der Waals surface area contributed by atoms with Gasteiger partial charge in [0, 0.05) is 44.3 Å². The number of rotatable bonds is 5. The van der Waals surface area contributed by atoms with Crippen LogP contribution in [0.4, 0.5) is 14.5 Å². The number of carbonyl (C=O) groups is 1. The molecule has 35 heavy (non-hydrogen) atoms. The molecule has 2 aromatic carbocycles. The van der Waals surface area contributed by atoms with E-state index in [9.17, 15) is 14.9 Å². The molecule has 1 aliphatic heterocycles. The Kier molecular flexibility index (Phi) is 5.94. The van der Waals surface area contributed by atoms with Gasteiger partial charge >= 0.3 is 0 Å². The van der Waals surface area contributed by atoms with Crippen LogP contribution in [0.2, 0.25) is 0 Å². The van der Waals surface area contributed by atoms with Crippen LogP contribution in [-0.2, 0) is 6.54 Å². The van der Waals surface area contributed by atoms with Crippen molar-refractivity contribution in [2.45, 2.75) is 32.4 Å². The molecule has 2 fully saturated rings. The van der Waals surface area contributed by atoms with Gasteiger partial charge in [-0.3, -0.25) is 14.5 Å². The standard InChI is InChI=1S/C25H24F2N6O2/c1-14-24(34)31-23-19(29-14)6-2-15(21(23)26)13-32-8-10-33(11-9-32)20-7-5-17(22(27)18(20)12-28)25(35)30-16-3-4-16/h2,5-7,16H,3-4,8-11,13H2,1H3,(H,30,35)(H,31,34). The third-order valence-corrected chi connectivity index (χ3v) is 6.55. The number of fused-ring (bicyclic) bond motifs is 1. The van der Waals surface area contributed by atoms with Crippen LogP contribution in [0.25, 0.3) is 11.0 Å². The minimum atomic E-state index is -0.804. The number of amides is 1. The van der Waals surface area contributed by atoms with Crippen molar-refractivity contribution in [3.63, 3.8) is 0 Å². The summed E-state index contributed by atoms with van der Waals surface area (Å²) in [6.07, 6.45) is 1.77. The summed E-state index contributed by atoms with van der Waals surface area (Å²) < 4.78 is 30.1. The van der Waals surface area contributed by atoms with Crippen molar-refractivity contribution in [1.82, 2.24) is 20.2 Å². The Morgan fingerprint density at radius 2 is 1.91 bits per heavy atom. The van der Waals surface area contributed by atoms with Crippen LogP contribution in [0.3, 0.4) is 0 Å². The number of aromatic amines is 1. The van der Waals surface area contributed by atoms with Gasteiger partial charge in [-0.25, -0.2) is 13.8 Å². The lowest BCUT2D eigenvalue weighted by atomic mass is 10.1. The molecule has 2 aliphatic rings. The Morgan fingerprint density at radius 3 is 2.60 bits per heavy atom. The number of nitrogens with zero attached hydrogens (tertiary/aromatic N) is 4. The van der Waals surface area contributed by atoms with E-state index in [4.69, 9.17) is 0 Å². The lowest BCUT2D eigenvalue weighted by Gasteiger charge is -2.36. The molecule has 0 radical (unpaired) electrons. The average Bonchev–Trinajstić information content (AvgIpc) is 3.66. The van der Waals surface area contributed by atoms with Crippen LogP contribution >= 0.6 is 0 Å². The SMILES string of the molecule is Cc1nc2ccc(CN3CCN(c4ccc(C(=O)NC5CC5)c(F)c4C#N)CC3)c(F)c2[nH]c1=O. The molecular formula is C25H24F2N6O2. The molecule has 3 aromatic rings. The van der Waals surface area contributed by atoms with E-state index in [0.717, 1.165) is 12.8 Å². The highest BCUT2D eigenvalue weighted by Gasteiger charge is 2.28. The molecular weight excluding hydrogens is 454 g/mol. The maximum atomic E-state index is 15.0. The number of nitriles is 1. The van der Waals surface area contributed by atoms with E-state index in [1.54, 1.807) is 25.1 Å². The Hall–Kier alpha value is -3.84. The molecule has 2 heterocycles. The molecule has 5 rings (SSSR count). The van der Waals surface area contributed by atoms with Gasteiger partial charge in [-0.15, -0.1) is 0 Å². The topological polar surface area (TPSA) is 105 Å². The van der Waals surface area contributed by atoms with E-state index >= 15 is 8.78 Å². The Bertz CT molecular complexity index is 1420. The van der Waals surface area contributed by atoms with Crippen molar-refractivity contribution in [2.75, 3.05) is 31.1 Å². The van der Waals surface area contributed by atoms with Gasteiger partial charge in [0.25, 0.3) is 11.5 Å². The zero-order valence-electron chi connectivity index (χ0n) is 19.2. The van der Waals surface area contributed by atoms with E-state index in [2.05, 4.69) is 20.2 Å². The summed E-state index contributed by atoms with van der Waals surface area (Å²) in [6.45, 7) is 4.06. The number of benzene rings is 2. The largest absolute Gasteiger partial charge is 0.368 e. The first-order chi connectivity index (χ1) is 16.9. The van der Waals surface area contributed by atoms with Crippen molar-refractivity contribution in [2.24, 2.45) is 0 Å². The van der Waals surface area contributed by atoms with Crippen molar-refractivity contribution >= 4 is 22.6 Å². The number of anilines is 1. The van der Waals surface area contributed by atoms with Gasteiger partial charge in [0.2, 0.25) is 0 Å². The minimum absolute atomic E-state index is 0.0910. The smallest absolute Gasteiger partial charge is 0.269 e. The molecule has 1 saturated carbocycles. The fourth-order valence-electron chi connectivity index (χ4n) is 4.37. The Labute approximate surface area is 200 Å². The van der Waals surface area contributed by atoms with E-state index in [0.29, 0.717) is 49.5 Å². The van der Waals surface area contributed by atoms with Gasteiger partial charge < -0.3 is 15.2 Å². The molecule has 2 N–H and O–H groups in total. The number of piperazine rings is 1. The van der Waals surface area contributed by atoms with Crippen molar-refractivity contribution in [1.29, 1.82) is 5.26 Å². The highest BCUT2D eigenvalue weighted by molar-refractivity contribution is 5.96. The molecule has 1 aliphatic carbocycles. The molecule has 1 aromatic heterocycles. The highest BCUT2D eigenvalue weighted by Crippen LogP contribution is 2.28. The van der Waals surface area contributed by atoms with Crippen molar-refractivity contribution < 1.29 is 13.6 Å². The first kappa shape index (κ1) is 22.9. The Balaban J connectivity index is 1.29. The van der Waals surface area contributed by atoms with Gasteiger partial charge in [0.15, 0.2) is 11.6 Å². The number of nitrogens with one attached hydrogen (secondary N) is 2. The maximum absolute atomic E-state index is 15.0. The van der Waals surface area contributed by atoms with Crippen molar-refractivity contribution in [3.8, 4) is 6.07 Å². The first-order valence-corrected chi connectivity index (χ1v) is 11.5. The number of hydrogen-bond donors (Lipinski definition) is 2. The van der Waals surface area contributed by atoms with Gasteiger partial charge in [-0.1, -0.05) is 6.07 Å². The number of halogens is 2. The normalized spacial score (nSPS) is 16.3. The highest BCUT2D eigenvalue weighted by atomic mass is 19.1. The lowest BCUT2D eigenvalue weighted by Crippen LogP contribution is -2.46. The molecule has 0 spiro atoms. The van der Waals surface area contributed by atoms with Crippen LogP contribution in [0.15, 0.2) is 29.1 Å². The van der Waals surface area contributed by atoms with E-state index in [-0.39, 0.29) is 28.4 Å². The molecule has 180 valence electrons. The minimum Gasteiger partial charge on any atom is -0.368 e. The summed E-state index contributed by atoms with van der Waals surface area (Å²) in [7, 11) is 0. The third-order valence-electron chi connectivity index (χ3n) is 6.55. The Morgan fingerprint density at radius 1 is 1.17 bits per heavy atom. The van der Waals surface area contributed by atoms with E-state index in [1.165, 1.54) is 6.07 Å². The second-order valence-corrected chi connectivity index (χ2v) is 9.03. The summed E-state index contributed by atoms with van der Waals surface area (Å²) >= 11 is 0. The molecule has 8 nitrogen and oxygen atoms in total. The van der Waals surface area contributed by atoms with Crippen LogP contribution in [0.1, 0.15) is 40.0 Å². The summed E-state index contributed by atoms with van der Waals surface area (Å²) in [5.41, 5.74) is 0.986. The maximum Gasteiger partial charge on any atom is 0.269 e. The summed E-state index contributed by atoms with van der Waals surface area (Å²) in [4.78, 5) is 34.8. The van der Waals surface area contributed by atoms with Gasteiger partial charge in [0.05, 0.1) is 16.8 Å². The zero-order valence-corrected chi connectivity index (χ0v) is 19.2. The quantitative estimate of drug-likeness (QED) is 0.584. The predicted molar refractivity (Wildman–Crippen MR) is 126 cm³/mol. The second-order valence-electron chi connectivity index (χ2n) is 9.03. The number of aromatic nitrogens is 2. The second kappa shape index (κ2) is 9.07. The molecule has 0 bridgehead atoms. The predicted octanol–water partition coefficient (Wildman–Crippen LogP) is 2.60. The monoisotopic (exact) mass is 478 g/mol. The van der Waals surface area contributed by atoms with Gasteiger partial charge in [-0.2, -0.15) is 5.26 Å². The molecule has 10 heteroatoms. The van der Waals surface area contributed by atoms with Gasteiger partial charge in [0.1, 0.15) is 22.8 Å². The van der Waals surface area contributed by atoms with Crippen LogP contribution in [0, 0.1) is 29.9 Å². The van der Waals surface area contributed by atoms with Gasteiger partial charge in [-0.05, 0) is 38.0 Å². The number of H-pyrrole nitrogens is 1. The molecule has 1 saturated heterocycles. The summed E-state index contributed by atoms with van der Waals surface area (Å²) in [5, 5.41) is 12.3. The van der Waals surface area contributed by atoms with Crippen molar-refractivity contribution in [3.05, 3.63) is 68.6 Å². The zero-order chi connectivity index (χ0) is 24.7. The summed E-state index contributed by atoms with van der Waals surface area (Å²) in [5.74, 6) is -1.80. The van der Waals surface area contributed by atoms with E-state index in [1.807, 2.05) is 11.0 Å². The van der Waals surface area contributed by atoms with Crippen LogP contribution in [-0.4, -0.2) is 53.0 Å². The number of aryl methyl sites for hydroxylation is 1. The molecule has 1 amide bonds.